The summed E-state index contributed by atoms with van der Waals surface area (Å²) in [6, 6.07) is 0.256. The second-order valence-corrected chi connectivity index (χ2v) is 4.89. The van der Waals surface area contributed by atoms with E-state index in [1.54, 1.807) is 0 Å². The Labute approximate surface area is 114 Å². The lowest BCUT2D eigenvalue weighted by molar-refractivity contribution is 0.540. The van der Waals surface area contributed by atoms with Crippen LogP contribution in [-0.4, -0.2) is 26.4 Å². The van der Waals surface area contributed by atoms with Gasteiger partial charge in [-0.1, -0.05) is 6.92 Å². The summed E-state index contributed by atoms with van der Waals surface area (Å²) in [5.74, 6) is 1.13. The van der Waals surface area contributed by atoms with Crippen LogP contribution in [0.3, 0.4) is 0 Å². The van der Waals surface area contributed by atoms with E-state index in [9.17, 15) is 0 Å². The zero-order chi connectivity index (χ0) is 13.8. The molecule has 0 aliphatic rings. The van der Waals surface area contributed by atoms with E-state index >= 15 is 0 Å². The van der Waals surface area contributed by atoms with Crippen molar-refractivity contribution in [2.75, 3.05) is 7.05 Å². The summed E-state index contributed by atoms with van der Waals surface area (Å²) in [5, 5.41) is 7.70. The highest BCUT2D eigenvalue weighted by Gasteiger charge is 2.17. The van der Waals surface area contributed by atoms with E-state index in [2.05, 4.69) is 40.0 Å². The molecule has 0 spiro atoms. The van der Waals surface area contributed by atoms with Crippen molar-refractivity contribution in [2.24, 2.45) is 7.05 Å². The molecule has 1 unspecified atom stereocenters. The van der Waals surface area contributed by atoms with Crippen LogP contribution in [0.2, 0.25) is 0 Å². The number of hydrogen-bond acceptors (Lipinski definition) is 3. The first-order chi connectivity index (χ1) is 9.17. The van der Waals surface area contributed by atoms with Gasteiger partial charge < -0.3 is 9.88 Å². The number of nitrogens with zero attached hydrogens (tertiary/aromatic N) is 4. The lowest BCUT2D eigenvalue weighted by Crippen LogP contribution is -2.21. The highest BCUT2D eigenvalue weighted by Crippen LogP contribution is 2.20. The molecule has 104 valence electrons. The Kier molecular flexibility index (Phi) is 4.37. The normalized spacial score (nSPS) is 12.8. The molecule has 5 nitrogen and oxygen atoms in total. The largest absolute Gasteiger partial charge is 0.335 e. The van der Waals surface area contributed by atoms with E-state index in [1.807, 2.05) is 31.2 Å². The van der Waals surface area contributed by atoms with Crippen LogP contribution >= 0.6 is 0 Å². The fraction of sp³-hybridized carbons (Fsp3) is 0.571. The fourth-order valence-electron chi connectivity index (χ4n) is 2.38. The van der Waals surface area contributed by atoms with E-state index in [0.29, 0.717) is 0 Å². The second-order valence-electron chi connectivity index (χ2n) is 4.89. The van der Waals surface area contributed by atoms with E-state index in [1.165, 1.54) is 11.3 Å². The van der Waals surface area contributed by atoms with Crippen LogP contribution in [0, 0.1) is 6.92 Å². The van der Waals surface area contributed by atoms with Crippen molar-refractivity contribution in [3.63, 3.8) is 0 Å². The van der Waals surface area contributed by atoms with Gasteiger partial charge in [0.1, 0.15) is 5.82 Å². The first-order valence-corrected chi connectivity index (χ1v) is 6.83. The Morgan fingerprint density at radius 2 is 2.21 bits per heavy atom. The monoisotopic (exact) mass is 261 g/mol. The van der Waals surface area contributed by atoms with Gasteiger partial charge in [-0.3, -0.25) is 4.68 Å². The van der Waals surface area contributed by atoms with Gasteiger partial charge in [0, 0.05) is 49.7 Å². The van der Waals surface area contributed by atoms with Gasteiger partial charge in [-0.05, 0) is 20.4 Å². The predicted molar refractivity (Wildman–Crippen MR) is 76.0 cm³/mol. The molecule has 0 fully saturated rings. The van der Waals surface area contributed by atoms with Crippen molar-refractivity contribution < 1.29 is 0 Å². The minimum absolute atomic E-state index is 0.256. The summed E-state index contributed by atoms with van der Waals surface area (Å²) in [4.78, 5) is 4.48. The topological polar surface area (TPSA) is 47.7 Å². The number of rotatable bonds is 6. The number of aromatic nitrogens is 4. The minimum Gasteiger partial charge on any atom is -0.335 e. The quantitative estimate of drug-likeness (QED) is 0.863. The maximum absolute atomic E-state index is 4.48. The van der Waals surface area contributed by atoms with Gasteiger partial charge in [-0.25, -0.2) is 4.98 Å². The minimum atomic E-state index is 0.256. The Bertz CT molecular complexity index is 526. The number of imidazole rings is 1. The van der Waals surface area contributed by atoms with Gasteiger partial charge >= 0.3 is 0 Å². The third-order valence-electron chi connectivity index (χ3n) is 3.65. The molecule has 2 aromatic heterocycles. The SMILES string of the molecule is CCCn1ccnc1CC(NC)c1cnn(C)c1C. The Hall–Kier alpha value is -1.62. The molecule has 0 saturated carbocycles. The Morgan fingerprint density at radius 1 is 1.42 bits per heavy atom. The molecular weight excluding hydrogens is 238 g/mol. The molecule has 0 amide bonds. The van der Waals surface area contributed by atoms with Gasteiger partial charge in [0.2, 0.25) is 0 Å². The fourth-order valence-corrected chi connectivity index (χ4v) is 2.38. The van der Waals surface area contributed by atoms with Gasteiger partial charge in [-0.15, -0.1) is 0 Å². The number of nitrogens with one attached hydrogen (secondary N) is 1. The Balaban J connectivity index is 2.19. The zero-order valence-corrected chi connectivity index (χ0v) is 12.2. The summed E-state index contributed by atoms with van der Waals surface area (Å²) in [6.45, 7) is 5.31. The van der Waals surface area contributed by atoms with Crippen LogP contribution in [0.1, 0.15) is 36.5 Å². The third-order valence-corrected chi connectivity index (χ3v) is 3.65. The molecule has 2 aromatic rings. The van der Waals surface area contributed by atoms with Crippen LogP contribution in [-0.2, 0) is 20.0 Å². The maximum atomic E-state index is 4.48. The van der Waals surface area contributed by atoms with Crippen LogP contribution in [0.25, 0.3) is 0 Å². The van der Waals surface area contributed by atoms with Gasteiger partial charge in [0.15, 0.2) is 0 Å². The van der Waals surface area contributed by atoms with Crippen molar-refractivity contribution >= 4 is 0 Å². The van der Waals surface area contributed by atoms with Gasteiger partial charge in [-0.2, -0.15) is 5.10 Å². The van der Waals surface area contributed by atoms with Crippen molar-refractivity contribution in [1.82, 2.24) is 24.6 Å². The highest BCUT2D eigenvalue weighted by molar-refractivity contribution is 5.21. The molecule has 0 saturated heterocycles. The molecule has 0 radical (unpaired) electrons. The van der Waals surface area contributed by atoms with E-state index in [4.69, 9.17) is 0 Å². The number of likely N-dealkylation sites (N-methyl/N-ethyl adjacent to an activating group) is 1. The van der Waals surface area contributed by atoms with Crippen LogP contribution in [0.5, 0.6) is 0 Å². The summed E-state index contributed by atoms with van der Waals surface area (Å²) in [6.07, 6.45) is 7.90. The molecule has 5 heteroatoms. The molecule has 1 N–H and O–H groups in total. The summed E-state index contributed by atoms with van der Waals surface area (Å²) >= 11 is 0. The van der Waals surface area contributed by atoms with E-state index < -0.39 is 0 Å². The summed E-state index contributed by atoms with van der Waals surface area (Å²) in [7, 11) is 3.97. The van der Waals surface area contributed by atoms with E-state index in [-0.39, 0.29) is 6.04 Å². The summed E-state index contributed by atoms with van der Waals surface area (Å²) in [5.41, 5.74) is 2.45. The predicted octanol–water partition coefficient (Wildman–Crippen LogP) is 1.84. The molecule has 0 bridgehead atoms. The lowest BCUT2D eigenvalue weighted by atomic mass is 10.0. The standard InChI is InChI=1S/C14H23N5/c1-5-7-19-8-6-16-14(19)9-13(15-3)12-10-17-18(4)11(12)2/h6,8,10,13,15H,5,7,9H2,1-4H3. The molecule has 0 aliphatic heterocycles. The first-order valence-electron chi connectivity index (χ1n) is 6.83. The van der Waals surface area contributed by atoms with Crippen molar-refractivity contribution in [3.05, 3.63) is 35.7 Å². The Morgan fingerprint density at radius 3 is 2.79 bits per heavy atom. The van der Waals surface area contributed by atoms with E-state index in [0.717, 1.165) is 25.2 Å². The van der Waals surface area contributed by atoms with Gasteiger partial charge in [0.05, 0.1) is 6.20 Å². The van der Waals surface area contributed by atoms with Crippen molar-refractivity contribution in [2.45, 2.75) is 39.3 Å². The maximum Gasteiger partial charge on any atom is 0.110 e. The average molecular weight is 261 g/mol. The average Bonchev–Trinajstić information content (AvgIpc) is 2.97. The van der Waals surface area contributed by atoms with Crippen LogP contribution in [0.4, 0.5) is 0 Å². The van der Waals surface area contributed by atoms with Crippen LogP contribution in [0.15, 0.2) is 18.6 Å². The number of hydrogen-bond donors (Lipinski definition) is 1. The molecule has 19 heavy (non-hydrogen) atoms. The van der Waals surface area contributed by atoms with Gasteiger partial charge in [0.25, 0.3) is 0 Å². The van der Waals surface area contributed by atoms with Crippen molar-refractivity contribution in [1.29, 1.82) is 0 Å². The number of aryl methyl sites for hydroxylation is 2. The van der Waals surface area contributed by atoms with Crippen LogP contribution < -0.4 is 5.32 Å². The molecule has 1 atom stereocenters. The first kappa shape index (κ1) is 13.8. The smallest absolute Gasteiger partial charge is 0.110 e. The molecule has 2 rings (SSSR count). The molecule has 0 aromatic carbocycles. The molecule has 0 aliphatic carbocycles. The lowest BCUT2D eigenvalue weighted by Gasteiger charge is -2.16. The van der Waals surface area contributed by atoms with Crippen molar-refractivity contribution in [3.8, 4) is 0 Å². The molecule has 2 heterocycles. The summed E-state index contributed by atoms with van der Waals surface area (Å²) < 4.78 is 4.15. The third kappa shape index (κ3) is 2.87. The highest BCUT2D eigenvalue weighted by atomic mass is 15.3. The zero-order valence-electron chi connectivity index (χ0n) is 12.2. The second kappa shape index (κ2) is 6.02. The molecular formula is C14H23N5.